The first-order valence-corrected chi connectivity index (χ1v) is 11.0. The number of hydrogen-bond acceptors (Lipinski definition) is 3. The Morgan fingerprint density at radius 3 is 2.74 bits per heavy atom. The highest BCUT2D eigenvalue weighted by molar-refractivity contribution is 9.10. The van der Waals surface area contributed by atoms with E-state index in [2.05, 4.69) is 15.9 Å². The minimum atomic E-state index is -3.13. The molecule has 1 aromatic heterocycles. The van der Waals surface area contributed by atoms with Gasteiger partial charge in [-0.3, -0.25) is 4.79 Å². The summed E-state index contributed by atoms with van der Waals surface area (Å²) in [6.45, 7) is 1.84. The summed E-state index contributed by atoms with van der Waals surface area (Å²) < 4.78 is 26.8. The molecule has 1 N–H and O–H groups in total. The molecule has 0 saturated heterocycles. The summed E-state index contributed by atoms with van der Waals surface area (Å²) in [4.78, 5) is 11.7. The van der Waals surface area contributed by atoms with Gasteiger partial charge >= 0.3 is 5.97 Å². The van der Waals surface area contributed by atoms with Crippen molar-refractivity contribution in [3.8, 4) is 0 Å². The molecule has 27 heavy (non-hydrogen) atoms. The molecule has 2 heterocycles. The molecule has 1 aliphatic rings. The Hall–Kier alpha value is -2.12. The van der Waals surface area contributed by atoms with E-state index >= 15 is 0 Å². The highest BCUT2D eigenvalue weighted by Crippen LogP contribution is 2.32. The highest BCUT2D eigenvalue weighted by atomic mass is 79.9. The predicted octanol–water partition coefficient (Wildman–Crippen LogP) is 3.72. The number of hydrogen-bond donors (Lipinski definition) is 1. The van der Waals surface area contributed by atoms with Crippen LogP contribution >= 0.6 is 15.9 Å². The lowest BCUT2D eigenvalue weighted by Gasteiger charge is -2.07. The molecule has 2 aromatic carbocycles. The van der Waals surface area contributed by atoms with Crippen LogP contribution in [0.2, 0.25) is 0 Å². The molecule has 0 saturated carbocycles. The van der Waals surface area contributed by atoms with E-state index in [1.54, 1.807) is 6.07 Å². The Labute approximate surface area is 165 Å². The first kappa shape index (κ1) is 18.3. The fourth-order valence-electron chi connectivity index (χ4n) is 3.89. The Morgan fingerprint density at radius 1 is 1.22 bits per heavy atom. The molecule has 0 fully saturated rings. The summed E-state index contributed by atoms with van der Waals surface area (Å²) in [5.74, 6) is -0.706. The normalized spacial score (nSPS) is 15.2. The van der Waals surface area contributed by atoms with Gasteiger partial charge in [-0.05, 0) is 60.7 Å². The average molecular weight is 448 g/mol. The molecular formula is C20H18BrNO4S. The SMILES string of the molecule is Cc1c(Cc2ccc3c(c2)CCS3(=O)=O)c2cc(Br)ccc2n1CC(=O)O. The molecule has 1 aliphatic heterocycles. The maximum atomic E-state index is 12.0. The number of rotatable bonds is 4. The van der Waals surface area contributed by atoms with Gasteiger partial charge in [-0.15, -0.1) is 0 Å². The molecule has 0 unspecified atom stereocenters. The molecule has 0 radical (unpaired) electrons. The molecule has 140 valence electrons. The van der Waals surface area contributed by atoms with Crippen molar-refractivity contribution >= 4 is 42.6 Å². The summed E-state index contributed by atoms with van der Waals surface area (Å²) in [6, 6.07) is 11.4. The Morgan fingerprint density at radius 2 is 2.00 bits per heavy atom. The van der Waals surface area contributed by atoms with Crippen molar-refractivity contribution in [1.29, 1.82) is 0 Å². The van der Waals surface area contributed by atoms with Crippen LogP contribution in [0.3, 0.4) is 0 Å². The topological polar surface area (TPSA) is 76.4 Å². The Bertz CT molecular complexity index is 1190. The van der Waals surface area contributed by atoms with Gasteiger partial charge < -0.3 is 9.67 Å². The second-order valence-corrected chi connectivity index (χ2v) is 9.89. The third kappa shape index (κ3) is 3.19. The maximum Gasteiger partial charge on any atom is 0.323 e. The van der Waals surface area contributed by atoms with Gasteiger partial charge in [0.15, 0.2) is 9.84 Å². The van der Waals surface area contributed by atoms with Crippen molar-refractivity contribution in [2.24, 2.45) is 0 Å². The van der Waals surface area contributed by atoms with Gasteiger partial charge in [0.05, 0.1) is 10.6 Å². The van der Waals surface area contributed by atoms with Gasteiger partial charge in [-0.25, -0.2) is 8.42 Å². The van der Waals surface area contributed by atoms with Crippen molar-refractivity contribution in [1.82, 2.24) is 4.57 Å². The molecule has 5 nitrogen and oxygen atoms in total. The van der Waals surface area contributed by atoms with Gasteiger partial charge in [-0.1, -0.05) is 28.1 Å². The third-order valence-corrected chi connectivity index (χ3v) is 7.49. The number of halogens is 1. The van der Waals surface area contributed by atoms with Crippen LogP contribution in [0, 0.1) is 6.92 Å². The van der Waals surface area contributed by atoms with Crippen molar-refractivity contribution in [2.75, 3.05) is 5.75 Å². The Kier molecular flexibility index (Phi) is 4.39. The van der Waals surface area contributed by atoms with Gasteiger partial charge in [-0.2, -0.15) is 0 Å². The second-order valence-electron chi connectivity index (χ2n) is 6.89. The van der Waals surface area contributed by atoms with E-state index in [1.807, 2.05) is 41.8 Å². The molecule has 7 heteroatoms. The van der Waals surface area contributed by atoms with Crippen LogP contribution in [0.1, 0.15) is 22.4 Å². The van der Waals surface area contributed by atoms with Gasteiger partial charge in [0.2, 0.25) is 0 Å². The van der Waals surface area contributed by atoms with Crippen LogP contribution in [-0.2, 0) is 34.0 Å². The molecule has 0 aliphatic carbocycles. The zero-order valence-corrected chi connectivity index (χ0v) is 17.1. The van der Waals surface area contributed by atoms with E-state index in [-0.39, 0.29) is 12.3 Å². The van der Waals surface area contributed by atoms with Crippen LogP contribution in [0.15, 0.2) is 45.8 Å². The molecule has 3 aromatic rings. The van der Waals surface area contributed by atoms with Gasteiger partial charge in [0.1, 0.15) is 6.54 Å². The minimum absolute atomic E-state index is 0.0909. The van der Waals surface area contributed by atoms with E-state index in [1.165, 1.54) is 0 Å². The molecule has 0 spiro atoms. The first-order chi connectivity index (χ1) is 12.8. The molecule has 0 bridgehead atoms. The number of carbonyl (C=O) groups is 1. The van der Waals surface area contributed by atoms with Crippen LogP contribution in [0.4, 0.5) is 0 Å². The number of nitrogens with zero attached hydrogens (tertiary/aromatic N) is 1. The number of carboxylic acids is 1. The number of sulfone groups is 1. The largest absolute Gasteiger partial charge is 0.480 e. The smallest absolute Gasteiger partial charge is 0.323 e. The molecular weight excluding hydrogens is 430 g/mol. The van der Waals surface area contributed by atoms with Gasteiger partial charge in [0.25, 0.3) is 0 Å². The second kappa shape index (κ2) is 6.49. The van der Waals surface area contributed by atoms with E-state index in [0.717, 1.165) is 37.8 Å². The third-order valence-electron chi connectivity index (χ3n) is 5.19. The summed E-state index contributed by atoms with van der Waals surface area (Å²) in [5, 5.41) is 10.3. The average Bonchev–Trinajstić information content (AvgIpc) is 3.03. The standard InChI is InChI=1S/C20H18BrNO4S/c1-12-16(9-13-2-5-19-14(8-13)6-7-27(19,25)26)17-10-15(21)3-4-18(17)22(12)11-20(23)24/h2-5,8,10H,6-7,9,11H2,1H3,(H,23,24). The van der Waals surface area contributed by atoms with Crippen molar-refractivity contribution in [2.45, 2.75) is 31.2 Å². The number of aryl methyl sites for hydroxylation is 1. The molecule has 0 amide bonds. The summed E-state index contributed by atoms with van der Waals surface area (Å²) >= 11 is 3.50. The minimum Gasteiger partial charge on any atom is -0.480 e. The van der Waals surface area contributed by atoms with Crippen molar-refractivity contribution in [3.63, 3.8) is 0 Å². The van der Waals surface area contributed by atoms with Crippen LogP contribution in [-0.4, -0.2) is 29.8 Å². The lowest BCUT2D eigenvalue weighted by Crippen LogP contribution is -2.10. The van der Waals surface area contributed by atoms with Crippen LogP contribution in [0.25, 0.3) is 10.9 Å². The fourth-order valence-corrected chi connectivity index (χ4v) is 5.79. The fraction of sp³-hybridized carbons (Fsp3) is 0.250. The summed E-state index contributed by atoms with van der Waals surface area (Å²) in [5.41, 5.74) is 4.77. The lowest BCUT2D eigenvalue weighted by molar-refractivity contribution is -0.137. The summed E-state index contributed by atoms with van der Waals surface area (Å²) in [7, 11) is -3.13. The molecule has 0 atom stereocenters. The van der Waals surface area contributed by atoms with Crippen molar-refractivity contribution in [3.05, 3.63) is 63.3 Å². The van der Waals surface area contributed by atoms with E-state index in [0.29, 0.717) is 17.7 Å². The van der Waals surface area contributed by atoms with Crippen LogP contribution in [0.5, 0.6) is 0 Å². The summed E-state index contributed by atoms with van der Waals surface area (Å²) in [6.07, 6.45) is 1.18. The monoisotopic (exact) mass is 447 g/mol. The number of aromatic nitrogens is 1. The number of fused-ring (bicyclic) bond motifs is 2. The van der Waals surface area contributed by atoms with Gasteiger partial charge in [0, 0.05) is 21.1 Å². The molecule has 4 rings (SSSR count). The Balaban J connectivity index is 1.82. The quantitative estimate of drug-likeness (QED) is 0.660. The lowest BCUT2D eigenvalue weighted by atomic mass is 10.00. The maximum absolute atomic E-state index is 12.0. The zero-order valence-electron chi connectivity index (χ0n) is 14.7. The number of carboxylic acid groups (broad SMARTS) is 1. The van der Waals surface area contributed by atoms with E-state index in [9.17, 15) is 18.3 Å². The zero-order chi connectivity index (χ0) is 19.3. The number of aliphatic carboxylic acids is 1. The number of benzene rings is 2. The highest BCUT2D eigenvalue weighted by Gasteiger charge is 2.26. The first-order valence-electron chi connectivity index (χ1n) is 8.60. The van der Waals surface area contributed by atoms with E-state index in [4.69, 9.17) is 0 Å². The van der Waals surface area contributed by atoms with Crippen LogP contribution < -0.4 is 0 Å². The van der Waals surface area contributed by atoms with Crippen molar-refractivity contribution < 1.29 is 18.3 Å². The predicted molar refractivity (Wildman–Crippen MR) is 107 cm³/mol. The van der Waals surface area contributed by atoms with E-state index < -0.39 is 15.8 Å².